The summed E-state index contributed by atoms with van der Waals surface area (Å²) in [5.74, 6) is -1.44. The van der Waals surface area contributed by atoms with Crippen LogP contribution in [-0.2, 0) is 9.59 Å². The Bertz CT molecular complexity index is 292. The van der Waals surface area contributed by atoms with E-state index in [0.717, 1.165) is 0 Å². The summed E-state index contributed by atoms with van der Waals surface area (Å²) in [4.78, 5) is 23.7. The van der Waals surface area contributed by atoms with Crippen molar-refractivity contribution in [3.8, 4) is 0 Å². The Balaban J connectivity index is 4.05. The summed E-state index contributed by atoms with van der Waals surface area (Å²) < 4.78 is 0. The van der Waals surface area contributed by atoms with Gasteiger partial charge in [0.1, 0.15) is 0 Å². The van der Waals surface area contributed by atoms with E-state index in [4.69, 9.17) is 10.8 Å². The van der Waals surface area contributed by atoms with E-state index in [1.165, 1.54) is 0 Å². The summed E-state index contributed by atoms with van der Waals surface area (Å²) >= 11 is 0. The van der Waals surface area contributed by atoms with Crippen molar-refractivity contribution in [2.24, 2.45) is 5.73 Å². The van der Waals surface area contributed by atoms with Gasteiger partial charge >= 0.3 is 5.97 Å². The highest BCUT2D eigenvalue weighted by molar-refractivity contribution is 5.82. The SMILES string of the molecule is CN(C)CC(C)(O)CNC(=O)C(N)CCC(=O)O. The van der Waals surface area contributed by atoms with Crippen molar-refractivity contribution < 1.29 is 19.8 Å². The summed E-state index contributed by atoms with van der Waals surface area (Å²) in [6.45, 7) is 2.08. The number of hydrogen-bond donors (Lipinski definition) is 4. The van der Waals surface area contributed by atoms with Crippen LogP contribution in [-0.4, -0.2) is 65.8 Å². The van der Waals surface area contributed by atoms with Crippen molar-refractivity contribution in [3.05, 3.63) is 0 Å². The van der Waals surface area contributed by atoms with Crippen LogP contribution < -0.4 is 11.1 Å². The lowest BCUT2D eigenvalue weighted by Crippen LogP contribution is -2.50. The van der Waals surface area contributed by atoms with E-state index in [2.05, 4.69) is 5.32 Å². The third-order valence-corrected chi connectivity index (χ3v) is 2.31. The largest absolute Gasteiger partial charge is 0.481 e. The highest BCUT2D eigenvalue weighted by Crippen LogP contribution is 2.03. The Morgan fingerprint density at radius 1 is 1.44 bits per heavy atom. The van der Waals surface area contributed by atoms with Crippen LogP contribution in [0.3, 0.4) is 0 Å². The molecule has 0 aromatic carbocycles. The molecule has 0 bridgehead atoms. The lowest BCUT2D eigenvalue weighted by molar-refractivity contribution is -0.137. The zero-order valence-corrected chi connectivity index (χ0v) is 11.1. The van der Waals surface area contributed by atoms with Crippen LogP contribution in [0.25, 0.3) is 0 Å². The quantitative estimate of drug-likeness (QED) is 0.427. The first-order valence-electron chi connectivity index (χ1n) is 5.76. The minimum Gasteiger partial charge on any atom is -0.481 e. The van der Waals surface area contributed by atoms with E-state index in [-0.39, 0.29) is 19.4 Å². The van der Waals surface area contributed by atoms with E-state index in [1.54, 1.807) is 11.8 Å². The number of carbonyl (C=O) groups is 2. The van der Waals surface area contributed by atoms with Gasteiger partial charge in [0.25, 0.3) is 0 Å². The molecule has 0 saturated heterocycles. The highest BCUT2D eigenvalue weighted by Gasteiger charge is 2.23. The molecule has 0 aromatic heterocycles. The van der Waals surface area contributed by atoms with Gasteiger partial charge in [-0.05, 0) is 27.4 Å². The van der Waals surface area contributed by atoms with Crippen molar-refractivity contribution >= 4 is 11.9 Å². The molecule has 0 rings (SSSR count). The molecule has 106 valence electrons. The van der Waals surface area contributed by atoms with Gasteiger partial charge in [0.15, 0.2) is 0 Å². The number of aliphatic carboxylic acids is 1. The number of likely N-dealkylation sites (N-methyl/N-ethyl adjacent to an activating group) is 1. The van der Waals surface area contributed by atoms with E-state index in [0.29, 0.717) is 6.54 Å². The topological polar surface area (TPSA) is 116 Å². The standard InChI is InChI=1S/C11H23N3O4/c1-11(18,7-14(2)3)6-13-10(17)8(12)4-5-9(15)16/h8,18H,4-7,12H2,1-3H3,(H,13,17)(H,15,16). The molecule has 2 unspecified atom stereocenters. The third-order valence-electron chi connectivity index (χ3n) is 2.31. The van der Waals surface area contributed by atoms with Gasteiger partial charge in [0, 0.05) is 19.5 Å². The summed E-state index contributed by atoms with van der Waals surface area (Å²) in [6.07, 6.45) is -0.0698. The number of carboxylic acids is 1. The average Bonchev–Trinajstić information content (AvgIpc) is 2.20. The number of carboxylic acid groups (broad SMARTS) is 1. The zero-order chi connectivity index (χ0) is 14.3. The molecule has 7 heteroatoms. The van der Waals surface area contributed by atoms with Crippen molar-refractivity contribution in [2.75, 3.05) is 27.2 Å². The maximum absolute atomic E-state index is 11.5. The second-order valence-electron chi connectivity index (χ2n) is 4.99. The Kier molecular flexibility index (Phi) is 6.82. The van der Waals surface area contributed by atoms with Crippen molar-refractivity contribution in [2.45, 2.75) is 31.4 Å². The van der Waals surface area contributed by atoms with Crippen molar-refractivity contribution in [1.29, 1.82) is 0 Å². The fourth-order valence-corrected chi connectivity index (χ4v) is 1.56. The van der Waals surface area contributed by atoms with Crippen LogP contribution in [0.2, 0.25) is 0 Å². The number of rotatable bonds is 8. The van der Waals surface area contributed by atoms with E-state index in [9.17, 15) is 14.7 Å². The Morgan fingerprint density at radius 2 is 2.00 bits per heavy atom. The molecule has 0 fully saturated rings. The fourth-order valence-electron chi connectivity index (χ4n) is 1.56. The summed E-state index contributed by atoms with van der Waals surface area (Å²) in [5.41, 5.74) is 4.48. The van der Waals surface area contributed by atoms with E-state index < -0.39 is 23.5 Å². The maximum Gasteiger partial charge on any atom is 0.303 e. The zero-order valence-electron chi connectivity index (χ0n) is 11.1. The monoisotopic (exact) mass is 261 g/mol. The van der Waals surface area contributed by atoms with Gasteiger partial charge in [-0.1, -0.05) is 0 Å². The Labute approximate surface area is 107 Å². The van der Waals surface area contributed by atoms with Crippen molar-refractivity contribution in [1.82, 2.24) is 10.2 Å². The average molecular weight is 261 g/mol. The molecule has 0 aliphatic rings. The second-order valence-corrected chi connectivity index (χ2v) is 4.99. The molecule has 1 amide bonds. The van der Waals surface area contributed by atoms with Crippen LogP contribution in [0.15, 0.2) is 0 Å². The van der Waals surface area contributed by atoms with Crippen molar-refractivity contribution in [3.63, 3.8) is 0 Å². The lowest BCUT2D eigenvalue weighted by atomic mass is 10.1. The van der Waals surface area contributed by atoms with Gasteiger partial charge < -0.3 is 26.2 Å². The Morgan fingerprint density at radius 3 is 2.44 bits per heavy atom. The molecule has 0 aliphatic heterocycles. The molecular weight excluding hydrogens is 238 g/mol. The first-order valence-corrected chi connectivity index (χ1v) is 5.76. The first kappa shape index (κ1) is 16.8. The molecule has 2 atom stereocenters. The molecule has 0 radical (unpaired) electrons. The number of hydrogen-bond acceptors (Lipinski definition) is 5. The highest BCUT2D eigenvalue weighted by atomic mass is 16.4. The number of carbonyl (C=O) groups excluding carboxylic acids is 1. The molecule has 7 nitrogen and oxygen atoms in total. The molecule has 0 aliphatic carbocycles. The van der Waals surface area contributed by atoms with E-state index >= 15 is 0 Å². The summed E-state index contributed by atoms with van der Waals surface area (Å²) in [6, 6.07) is -0.865. The molecule has 0 spiro atoms. The van der Waals surface area contributed by atoms with Gasteiger partial charge in [-0.15, -0.1) is 0 Å². The van der Waals surface area contributed by atoms with Crippen LogP contribution in [0.1, 0.15) is 19.8 Å². The van der Waals surface area contributed by atoms with Gasteiger partial charge in [0.2, 0.25) is 5.91 Å². The molecule has 0 heterocycles. The van der Waals surface area contributed by atoms with Gasteiger partial charge in [0.05, 0.1) is 11.6 Å². The third kappa shape index (κ3) is 7.99. The number of aliphatic hydroxyl groups is 1. The molecule has 5 N–H and O–H groups in total. The summed E-state index contributed by atoms with van der Waals surface area (Å²) in [5, 5.41) is 20.9. The van der Waals surface area contributed by atoms with Crippen LogP contribution in [0, 0.1) is 0 Å². The normalized spacial score (nSPS) is 16.1. The van der Waals surface area contributed by atoms with Crippen LogP contribution >= 0.6 is 0 Å². The minimum absolute atomic E-state index is 0.0742. The maximum atomic E-state index is 11.5. The van der Waals surface area contributed by atoms with Gasteiger partial charge in [-0.3, -0.25) is 9.59 Å². The van der Waals surface area contributed by atoms with Crippen LogP contribution in [0.5, 0.6) is 0 Å². The molecule has 0 aromatic rings. The smallest absolute Gasteiger partial charge is 0.303 e. The molecule has 0 saturated carbocycles. The predicted molar refractivity (Wildman–Crippen MR) is 67.0 cm³/mol. The Hall–Kier alpha value is -1.18. The van der Waals surface area contributed by atoms with E-state index in [1.807, 2.05) is 14.1 Å². The van der Waals surface area contributed by atoms with Gasteiger partial charge in [-0.2, -0.15) is 0 Å². The first-order chi connectivity index (χ1) is 8.14. The number of nitrogens with one attached hydrogen (secondary N) is 1. The molecular formula is C11H23N3O4. The molecule has 18 heavy (non-hydrogen) atoms. The lowest BCUT2D eigenvalue weighted by Gasteiger charge is -2.27. The second kappa shape index (κ2) is 7.30. The predicted octanol–water partition coefficient (Wildman–Crippen LogP) is -1.39. The number of nitrogens with two attached hydrogens (primary N) is 1. The minimum atomic E-state index is -1.05. The number of amides is 1. The number of nitrogens with zero attached hydrogens (tertiary/aromatic N) is 1. The van der Waals surface area contributed by atoms with Crippen LogP contribution in [0.4, 0.5) is 0 Å². The summed E-state index contributed by atoms with van der Waals surface area (Å²) in [7, 11) is 3.63. The fraction of sp³-hybridized carbons (Fsp3) is 0.818. The van der Waals surface area contributed by atoms with Gasteiger partial charge in [-0.25, -0.2) is 0 Å².